The second-order valence-electron chi connectivity index (χ2n) is 6.69. The first-order valence-corrected chi connectivity index (χ1v) is 11.4. The van der Waals surface area contributed by atoms with Gasteiger partial charge in [-0.25, -0.2) is 0 Å². The van der Waals surface area contributed by atoms with Gasteiger partial charge in [-0.3, -0.25) is 9.36 Å². The number of aryl methyl sites for hydroxylation is 1. The Morgan fingerprint density at radius 1 is 1.00 bits per heavy atom. The van der Waals surface area contributed by atoms with E-state index < -0.39 is 0 Å². The van der Waals surface area contributed by atoms with E-state index in [1.54, 1.807) is 0 Å². The Labute approximate surface area is 193 Å². The summed E-state index contributed by atoms with van der Waals surface area (Å²) in [4.78, 5) is 12.4. The summed E-state index contributed by atoms with van der Waals surface area (Å²) in [5.41, 5.74) is 3.88. The molecule has 1 amide bonds. The van der Waals surface area contributed by atoms with Crippen molar-refractivity contribution in [2.45, 2.75) is 12.1 Å². The van der Waals surface area contributed by atoms with Crippen molar-refractivity contribution in [1.29, 1.82) is 0 Å². The molecular weight excluding hydrogens is 507 g/mol. The van der Waals surface area contributed by atoms with Crippen LogP contribution in [0.2, 0.25) is 0 Å². The number of aromatic nitrogens is 3. The van der Waals surface area contributed by atoms with Gasteiger partial charge in [0.25, 0.3) is 0 Å². The van der Waals surface area contributed by atoms with Crippen LogP contribution in [0, 0.1) is 10.5 Å². The molecule has 1 N–H and O–H groups in total. The molecule has 0 unspecified atom stereocenters. The lowest BCUT2D eigenvalue weighted by molar-refractivity contribution is -0.113. The zero-order chi connectivity index (χ0) is 20.9. The molecule has 7 heteroatoms. The predicted octanol–water partition coefficient (Wildman–Crippen LogP) is 5.58. The van der Waals surface area contributed by atoms with E-state index in [4.69, 9.17) is 0 Å². The van der Waals surface area contributed by atoms with Crippen molar-refractivity contribution >= 4 is 45.9 Å². The fourth-order valence-electron chi connectivity index (χ4n) is 3.00. The molecule has 0 fully saturated rings. The van der Waals surface area contributed by atoms with E-state index in [0.29, 0.717) is 5.16 Å². The van der Waals surface area contributed by atoms with Gasteiger partial charge in [0, 0.05) is 20.5 Å². The number of nitrogens with one attached hydrogen (secondary N) is 1. The number of carbonyl (C=O) groups excluding carboxylic acids is 1. The summed E-state index contributed by atoms with van der Waals surface area (Å²) < 4.78 is 3.12. The second-order valence-corrected chi connectivity index (χ2v) is 8.88. The molecule has 150 valence electrons. The maximum Gasteiger partial charge on any atom is 0.234 e. The van der Waals surface area contributed by atoms with E-state index in [9.17, 15) is 4.79 Å². The number of hydrogen-bond donors (Lipinski definition) is 1. The minimum Gasteiger partial charge on any atom is -0.325 e. The average molecular weight is 526 g/mol. The molecule has 1 aromatic heterocycles. The molecule has 1 heterocycles. The number of benzene rings is 3. The lowest BCUT2D eigenvalue weighted by Crippen LogP contribution is -2.14. The van der Waals surface area contributed by atoms with E-state index in [1.165, 1.54) is 11.8 Å². The minimum absolute atomic E-state index is 0.0825. The first-order valence-electron chi connectivity index (χ1n) is 9.36. The normalized spacial score (nSPS) is 10.7. The Balaban J connectivity index is 1.58. The predicted molar refractivity (Wildman–Crippen MR) is 130 cm³/mol. The van der Waals surface area contributed by atoms with Crippen LogP contribution in [0.15, 0.2) is 84.0 Å². The Kier molecular flexibility index (Phi) is 6.49. The molecule has 0 bridgehead atoms. The fraction of sp³-hybridized carbons (Fsp3) is 0.0870. The molecule has 0 saturated heterocycles. The highest BCUT2D eigenvalue weighted by atomic mass is 127. The summed E-state index contributed by atoms with van der Waals surface area (Å²) in [6.45, 7) is 2.05. The van der Waals surface area contributed by atoms with Crippen LogP contribution >= 0.6 is 34.4 Å². The largest absolute Gasteiger partial charge is 0.325 e. The molecule has 5 nitrogen and oxygen atoms in total. The van der Waals surface area contributed by atoms with Crippen LogP contribution in [0.4, 0.5) is 5.69 Å². The van der Waals surface area contributed by atoms with E-state index in [-0.39, 0.29) is 11.7 Å². The van der Waals surface area contributed by atoms with Crippen LogP contribution < -0.4 is 5.32 Å². The maximum absolute atomic E-state index is 12.4. The zero-order valence-corrected chi connectivity index (χ0v) is 19.2. The number of rotatable bonds is 6. The average Bonchev–Trinajstić information content (AvgIpc) is 3.19. The smallest absolute Gasteiger partial charge is 0.234 e. The molecule has 0 aliphatic rings. The number of para-hydroxylation sites is 1. The molecule has 0 saturated carbocycles. The third-order valence-corrected chi connectivity index (χ3v) is 6.03. The van der Waals surface area contributed by atoms with Gasteiger partial charge in [0.1, 0.15) is 0 Å². The van der Waals surface area contributed by atoms with Gasteiger partial charge in [-0.05, 0) is 72.0 Å². The lowest BCUT2D eigenvalue weighted by atomic mass is 10.1. The lowest BCUT2D eigenvalue weighted by Gasteiger charge is -2.11. The number of halogens is 1. The van der Waals surface area contributed by atoms with Gasteiger partial charge in [-0.1, -0.05) is 53.7 Å². The van der Waals surface area contributed by atoms with Gasteiger partial charge in [-0.15, -0.1) is 10.2 Å². The van der Waals surface area contributed by atoms with E-state index >= 15 is 0 Å². The van der Waals surface area contributed by atoms with E-state index in [1.807, 2.05) is 71.3 Å². The SMILES string of the molecule is Cc1cccc(-c2nnc(SCC(=O)Nc3ccc(I)cc3)n2-c2ccccc2)c1. The van der Waals surface area contributed by atoms with Crippen molar-refractivity contribution < 1.29 is 4.79 Å². The standard InChI is InChI=1S/C23H19IN4OS/c1-16-6-5-7-17(14-16)22-26-27-23(28(22)20-8-3-2-4-9-20)30-15-21(29)25-19-12-10-18(24)11-13-19/h2-14H,15H2,1H3,(H,25,29). The number of nitrogens with zero attached hydrogens (tertiary/aromatic N) is 3. The molecule has 0 aliphatic carbocycles. The van der Waals surface area contributed by atoms with Crippen LogP contribution in [-0.2, 0) is 4.79 Å². The first kappa shape index (κ1) is 20.6. The first-order chi connectivity index (χ1) is 14.6. The summed E-state index contributed by atoms with van der Waals surface area (Å²) in [7, 11) is 0. The van der Waals surface area contributed by atoms with Gasteiger partial charge in [0.2, 0.25) is 5.91 Å². The van der Waals surface area contributed by atoms with Crippen LogP contribution in [0.3, 0.4) is 0 Å². The molecule has 0 spiro atoms. The van der Waals surface area contributed by atoms with Gasteiger partial charge in [0.05, 0.1) is 5.75 Å². The van der Waals surface area contributed by atoms with Crippen LogP contribution in [0.5, 0.6) is 0 Å². The highest BCUT2D eigenvalue weighted by Crippen LogP contribution is 2.28. The number of hydrogen-bond acceptors (Lipinski definition) is 4. The van der Waals surface area contributed by atoms with Crippen molar-refractivity contribution in [3.63, 3.8) is 0 Å². The maximum atomic E-state index is 12.4. The minimum atomic E-state index is -0.0825. The van der Waals surface area contributed by atoms with Crippen molar-refractivity contribution in [1.82, 2.24) is 14.8 Å². The van der Waals surface area contributed by atoms with Crippen molar-refractivity contribution in [2.75, 3.05) is 11.1 Å². The Morgan fingerprint density at radius 3 is 2.50 bits per heavy atom. The molecule has 0 aliphatic heterocycles. The topological polar surface area (TPSA) is 59.8 Å². The van der Waals surface area contributed by atoms with Gasteiger partial charge < -0.3 is 5.32 Å². The van der Waals surface area contributed by atoms with Crippen molar-refractivity contribution in [3.05, 3.63) is 88.0 Å². The van der Waals surface area contributed by atoms with Crippen LogP contribution in [0.1, 0.15) is 5.56 Å². The molecule has 4 aromatic rings. The van der Waals surface area contributed by atoms with Crippen LogP contribution in [0.25, 0.3) is 17.1 Å². The summed E-state index contributed by atoms with van der Waals surface area (Å²) in [5.74, 6) is 0.913. The number of carbonyl (C=O) groups is 1. The molecule has 0 atom stereocenters. The fourth-order valence-corrected chi connectivity index (χ4v) is 4.12. The Morgan fingerprint density at radius 2 is 1.77 bits per heavy atom. The monoisotopic (exact) mass is 526 g/mol. The quantitative estimate of drug-likeness (QED) is 0.263. The van der Waals surface area contributed by atoms with Crippen molar-refractivity contribution in [2.24, 2.45) is 0 Å². The highest BCUT2D eigenvalue weighted by molar-refractivity contribution is 14.1. The van der Waals surface area contributed by atoms with E-state index in [0.717, 1.165) is 31.9 Å². The molecule has 4 rings (SSSR count). The molecule has 3 aromatic carbocycles. The highest BCUT2D eigenvalue weighted by Gasteiger charge is 2.17. The molecule has 0 radical (unpaired) electrons. The van der Waals surface area contributed by atoms with Crippen LogP contribution in [-0.4, -0.2) is 26.4 Å². The zero-order valence-electron chi connectivity index (χ0n) is 16.2. The number of amides is 1. The summed E-state index contributed by atoms with van der Waals surface area (Å²) in [5, 5.41) is 12.4. The summed E-state index contributed by atoms with van der Waals surface area (Å²) in [6.07, 6.45) is 0. The summed E-state index contributed by atoms with van der Waals surface area (Å²) in [6, 6.07) is 25.8. The third-order valence-electron chi connectivity index (χ3n) is 4.38. The van der Waals surface area contributed by atoms with Gasteiger partial charge in [-0.2, -0.15) is 0 Å². The Hall–Kier alpha value is -2.65. The van der Waals surface area contributed by atoms with Gasteiger partial charge in [0.15, 0.2) is 11.0 Å². The van der Waals surface area contributed by atoms with Crippen molar-refractivity contribution in [3.8, 4) is 17.1 Å². The molecule has 30 heavy (non-hydrogen) atoms. The summed E-state index contributed by atoms with van der Waals surface area (Å²) >= 11 is 3.61. The number of thioether (sulfide) groups is 1. The third kappa shape index (κ3) is 4.91. The van der Waals surface area contributed by atoms with E-state index in [2.05, 4.69) is 57.2 Å². The Bertz CT molecular complexity index is 1160. The molecular formula is C23H19IN4OS. The second kappa shape index (κ2) is 9.44. The van der Waals surface area contributed by atoms with Gasteiger partial charge >= 0.3 is 0 Å². The number of anilines is 1.